The zero-order chi connectivity index (χ0) is 26.3. The Balaban J connectivity index is 1.37. The van der Waals surface area contributed by atoms with E-state index in [0.717, 1.165) is 68.1 Å². The molecular weight excluding hydrogens is 472 g/mol. The van der Waals surface area contributed by atoms with E-state index >= 15 is 0 Å². The van der Waals surface area contributed by atoms with E-state index in [2.05, 4.69) is 76.0 Å². The third-order valence-electron chi connectivity index (χ3n) is 6.98. The molecule has 0 saturated carbocycles. The second kappa shape index (κ2) is 12.0. The molecule has 1 aromatic heterocycles. The highest BCUT2D eigenvalue weighted by atomic mass is 16.5. The maximum atomic E-state index is 6.37. The van der Waals surface area contributed by atoms with Crippen LogP contribution >= 0.6 is 0 Å². The van der Waals surface area contributed by atoms with Crippen LogP contribution in [0, 0.1) is 0 Å². The highest BCUT2D eigenvalue weighted by Crippen LogP contribution is 2.35. The number of nitrogens with zero attached hydrogens (tertiary/aromatic N) is 4. The summed E-state index contributed by atoms with van der Waals surface area (Å²) < 4.78 is 6.37. The Morgan fingerprint density at radius 1 is 1.03 bits per heavy atom. The predicted octanol–water partition coefficient (Wildman–Crippen LogP) is 6.83. The van der Waals surface area contributed by atoms with Crippen molar-refractivity contribution in [1.29, 1.82) is 0 Å². The average molecular weight is 509 g/mol. The monoisotopic (exact) mass is 508 g/mol. The first-order chi connectivity index (χ1) is 18.6. The van der Waals surface area contributed by atoms with Crippen LogP contribution in [0.1, 0.15) is 31.2 Å². The molecule has 0 bridgehead atoms. The number of hydrogen-bond donors (Lipinski definition) is 2. The van der Waals surface area contributed by atoms with Gasteiger partial charge in [-0.1, -0.05) is 25.3 Å². The molecular formula is C31H36N6O. The summed E-state index contributed by atoms with van der Waals surface area (Å²) in [5.74, 6) is 1.73. The van der Waals surface area contributed by atoms with E-state index in [1.54, 1.807) is 6.08 Å². The summed E-state index contributed by atoms with van der Waals surface area (Å²) in [6.07, 6.45) is 10.3. The number of nitrogens with one attached hydrogen (secondary N) is 2. The Morgan fingerprint density at radius 3 is 2.58 bits per heavy atom. The van der Waals surface area contributed by atoms with Crippen LogP contribution in [0.4, 0.5) is 23.0 Å². The van der Waals surface area contributed by atoms with Gasteiger partial charge in [-0.2, -0.15) is 4.98 Å². The minimum atomic E-state index is 0.502. The molecule has 1 saturated heterocycles. The standard InChI is InChI=1S/C31H36N6O/c1-4-23(2)33-26-11-8-12-28(21-26)38-30-29(24-9-6-5-7-10-24)22-32-31(35-30)34-25-13-15-27(16-14-25)37-19-17-36(3)18-20-37/h4,8-9,11-16,21-22,33H,1-2,5-7,10,17-20H2,3H3,(H,32,34,35). The van der Waals surface area contributed by atoms with Gasteiger partial charge in [-0.3, -0.25) is 0 Å². The molecule has 2 aliphatic rings. The smallest absolute Gasteiger partial charge is 0.231 e. The maximum absolute atomic E-state index is 6.37. The second-order valence-electron chi connectivity index (χ2n) is 9.83. The normalized spacial score (nSPS) is 15.9. The zero-order valence-corrected chi connectivity index (χ0v) is 22.1. The van der Waals surface area contributed by atoms with E-state index in [4.69, 9.17) is 9.72 Å². The fourth-order valence-electron chi connectivity index (χ4n) is 4.74. The summed E-state index contributed by atoms with van der Waals surface area (Å²) in [6.45, 7) is 11.9. The van der Waals surface area contributed by atoms with Crippen molar-refractivity contribution in [2.45, 2.75) is 25.7 Å². The molecule has 0 amide bonds. The SMILES string of the molecule is C=CC(=C)Nc1cccc(Oc2nc(Nc3ccc(N4CCN(C)CC4)cc3)ncc2C2=CCCCC2)c1. The van der Waals surface area contributed by atoms with E-state index in [1.807, 2.05) is 30.5 Å². The molecule has 7 nitrogen and oxygen atoms in total. The van der Waals surface area contributed by atoms with Gasteiger partial charge in [-0.05, 0) is 80.8 Å². The Morgan fingerprint density at radius 2 is 1.84 bits per heavy atom. The van der Waals surface area contributed by atoms with Crippen molar-refractivity contribution in [3.63, 3.8) is 0 Å². The van der Waals surface area contributed by atoms with Crippen molar-refractivity contribution in [2.75, 3.05) is 48.8 Å². The zero-order valence-electron chi connectivity index (χ0n) is 22.1. The molecule has 0 atom stereocenters. The number of ether oxygens (including phenoxy) is 1. The molecule has 196 valence electrons. The average Bonchev–Trinajstić information content (AvgIpc) is 2.95. The van der Waals surface area contributed by atoms with Gasteiger partial charge in [0.25, 0.3) is 0 Å². The number of piperazine rings is 1. The van der Waals surface area contributed by atoms with Crippen molar-refractivity contribution in [3.8, 4) is 11.6 Å². The van der Waals surface area contributed by atoms with Crippen LogP contribution in [0.15, 0.2) is 85.7 Å². The lowest BCUT2D eigenvalue weighted by atomic mass is 9.95. The van der Waals surface area contributed by atoms with Gasteiger partial charge in [0.2, 0.25) is 11.8 Å². The predicted molar refractivity (Wildman–Crippen MR) is 157 cm³/mol. The third-order valence-corrected chi connectivity index (χ3v) is 6.98. The molecule has 38 heavy (non-hydrogen) atoms. The number of aromatic nitrogens is 2. The van der Waals surface area contributed by atoms with Gasteiger partial charge in [0.05, 0.1) is 5.56 Å². The van der Waals surface area contributed by atoms with Crippen LogP contribution in [0.25, 0.3) is 5.57 Å². The number of anilines is 4. The lowest BCUT2D eigenvalue weighted by Gasteiger charge is -2.34. The fourth-order valence-corrected chi connectivity index (χ4v) is 4.74. The highest BCUT2D eigenvalue weighted by molar-refractivity contribution is 5.71. The summed E-state index contributed by atoms with van der Waals surface area (Å²) >= 11 is 0. The molecule has 2 heterocycles. The Bertz CT molecular complexity index is 1310. The lowest BCUT2D eigenvalue weighted by Crippen LogP contribution is -2.44. The van der Waals surface area contributed by atoms with Crippen LogP contribution in [-0.2, 0) is 0 Å². The largest absolute Gasteiger partial charge is 0.438 e. The van der Waals surface area contributed by atoms with Crippen molar-refractivity contribution < 1.29 is 4.74 Å². The molecule has 1 fully saturated rings. The van der Waals surface area contributed by atoms with Crippen molar-refractivity contribution >= 4 is 28.6 Å². The van der Waals surface area contributed by atoms with Crippen LogP contribution in [-0.4, -0.2) is 48.1 Å². The molecule has 3 aromatic rings. The van der Waals surface area contributed by atoms with Crippen LogP contribution in [0.3, 0.4) is 0 Å². The quantitative estimate of drug-likeness (QED) is 0.307. The first-order valence-electron chi connectivity index (χ1n) is 13.3. The summed E-state index contributed by atoms with van der Waals surface area (Å²) in [5, 5.41) is 6.57. The third kappa shape index (κ3) is 6.42. The molecule has 0 spiro atoms. The summed E-state index contributed by atoms with van der Waals surface area (Å²) in [5.41, 5.74) is 5.95. The molecule has 7 heteroatoms. The number of allylic oxidation sites excluding steroid dienone is 3. The summed E-state index contributed by atoms with van der Waals surface area (Å²) in [6, 6.07) is 16.2. The maximum Gasteiger partial charge on any atom is 0.231 e. The van der Waals surface area contributed by atoms with E-state index in [-0.39, 0.29) is 0 Å². The van der Waals surface area contributed by atoms with Crippen molar-refractivity contribution in [3.05, 3.63) is 91.3 Å². The Hall–Kier alpha value is -4.10. The first kappa shape index (κ1) is 25.5. The molecule has 1 aliphatic carbocycles. The van der Waals surface area contributed by atoms with Crippen LogP contribution in [0.5, 0.6) is 11.6 Å². The number of benzene rings is 2. The van der Waals surface area contributed by atoms with Gasteiger partial charge < -0.3 is 25.2 Å². The first-order valence-corrected chi connectivity index (χ1v) is 13.3. The number of hydrogen-bond acceptors (Lipinski definition) is 7. The van der Waals surface area contributed by atoms with Crippen molar-refractivity contribution in [2.24, 2.45) is 0 Å². The van der Waals surface area contributed by atoms with Gasteiger partial charge in [-0.15, -0.1) is 0 Å². The van der Waals surface area contributed by atoms with E-state index in [1.165, 1.54) is 17.7 Å². The second-order valence-corrected chi connectivity index (χ2v) is 9.83. The summed E-state index contributed by atoms with van der Waals surface area (Å²) in [4.78, 5) is 14.2. The molecule has 0 unspecified atom stereocenters. The minimum absolute atomic E-state index is 0.502. The van der Waals surface area contributed by atoms with Gasteiger partial charge in [0.15, 0.2) is 0 Å². The molecule has 1 aliphatic heterocycles. The van der Waals surface area contributed by atoms with E-state index < -0.39 is 0 Å². The van der Waals surface area contributed by atoms with E-state index in [0.29, 0.717) is 17.6 Å². The summed E-state index contributed by atoms with van der Waals surface area (Å²) in [7, 11) is 2.17. The Kier molecular flexibility index (Phi) is 8.04. The number of rotatable bonds is 9. The van der Waals surface area contributed by atoms with Crippen LogP contribution < -0.4 is 20.3 Å². The van der Waals surface area contributed by atoms with Crippen molar-refractivity contribution in [1.82, 2.24) is 14.9 Å². The topological polar surface area (TPSA) is 65.6 Å². The van der Waals surface area contributed by atoms with Gasteiger partial charge >= 0.3 is 0 Å². The van der Waals surface area contributed by atoms with Gasteiger partial charge in [0.1, 0.15) is 5.75 Å². The molecule has 5 rings (SSSR count). The lowest BCUT2D eigenvalue weighted by molar-refractivity contribution is 0.313. The minimum Gasteiger partial charge on any atom is -0.438 e. The molecule has 2 N–H and O–H groups in total. The molecule has 0 radical (unpaired) electrons. The fraction of sp³-hybridized carbons (Fsp3) is 0.290. The molecule has 2 aromatic carbocycles. The van der Waals surface area contributed by atoms with Crippen LogP contribution in [0.2, 0.25) is 0 Å². The Labute approximate surface area is 225 Å². The highest BCUT2D eigenvalue weighted by Gasteiger charge is 2.17. The van der Waals surface area contributed by atoms with Gasteiger partial charge in [0, 0.05) is 61.2 Å². The van der Waals surface area contributed by atoms with Gasteiger partial charge in [-0.25, -0.2) is 4.98 Å². The van der Waals surface area contributed by atoms with E-state index in [9.17, 15) is 0 Å². The number of likely N-dealkylation sites (N-methyl/N-ethyl adjacent to an activating group) is 1.